The molecule has 118 valence electrons. The van der Waals surface area contributed by atoms with Crippen LogP contribution in [0.4, 0.5) is 15.8 Å². The van der Waals surface area contributed by atoms with Crippen LogP contribution >= 0.6 is 0 Å². The number of nitrogens with zero attached hydrogens (tertiary/aromatic N) is 1. The molecule has 0 atom stereocenters. The average Bonchev–Trinajstić information content (AvgIpc) is 2.40. The maximum absolute atomic E-state index is 13.5. The summed E-state index contributed by atoms with van der Waals surface area (Å²) in [5.41, 5.74) is 2.29. The van der Waals surface area contributed by atoms with Crippen molar-refractivity contribution < 1.29 is 12.8 Å². The molecule has 0 saturated carbocycles. The van der Waals surface area contributed by atoms with E-state index < -0.39 is 15.8 Å². The summed E-state index contributed by atoms with van der Waals surface area (Å²) in [6.07, 6.45) is 0. The zero-order valence-corrected chi connectivity index (χ0v) is 13.8. The highest BCUT2D eigenvalue weighted by Gasteiger charge is 2.19. The van der Waals surface area contributed by atoms with Crippen molar-refractivity contribution in [1.82, 2.24) is 0 Å². The number of hydrogen-bond donors (Lipinski definition) is 1. The van der Waals surface area contributed by atoms with Crippen LogP contribution in [0.15, 0.2) is 41.3 Å². The van der Waals surface area contributed by atoms with Crippen LogP contribution in [0.3, 0.4) is 0 Å². The molecule has 0 bridgehead atoms. The van der Waals surface area contributed by atoms with E-state index in [2.05, 4.69) is 4.72 Å². The summed E-state index contributed by atoms with van der Waals surface area (Å²) in [5, 5.41) is 0. The minimum atomic E-state index is -3.78. The average molecular weight is 322 g/mol. The van der Waals surface area contributed by atoms with Gasteiger partial charge in [-0.05, 0) is 43.2 Å². The molecule has 2 aromatic carbocycles. The lowest BCUT2D eigenvalue weighted by atomic mass is 10.2. The Balaban J connectivity index is 2.49. The van der Waals surface area contributed by atoms with Crippen LogP contribution in [0.2, 0.25) is 0 Å². The summed E-state index contributed by atoms with van der Waals surface area (Å²) in [4.78, 5) is 1.92. The molecule has 0 fully saturated rings. The highest BCUT2D eigenvalue weighted by Crippen LogP contribution is 2.28. The van der Waals surface area contributed by atoms with Gasteiger partial charge in [0.15, 0.2) is 0 Å². The van der Waals surface area contributed by atoms with E-state index in [1.54, 1.807) is 38.1 Å². The number of sulfonamides is 1. The van der Waals surface area contributed by atoms with Crippen LogP contribution in [0.1, 0.15) is 11.1 Å². The predicted octanol–water partition coefficient (Wildman–Crippen LogP) is 3.31. The second kappa shape index (κ2) is 5.96. The number of anilines is 2. The Kier molecular flexibility index (Phi) is 4.42. The summed E-state index contributed by atoms with van der Waals surface area (Å²) >= 11 is 0. The molecule has 4 nitrogen and oxygen atoms in total. The van der Waals surface area contributed by atoms with Crippen LogP contribution in [-0.4, -0.2) is 22.5 Å². The molecular formula is C16H19FN2O2S. The molecule has 2 aromatic rings. The number of rotatable bonds is 4. The molecule has 22 heavy (non-hydrogen) atoms. The Morgan fingerprint density at radius 1 is 1.05 bits per heavy atom. The highest BCUT2D eigenvalue weighted by atomic mass is 32.2. The highest BCUT2D eigenvalue weighted by molar-refractivity contribution is 7.92. The van der Waals surface area contributed by atoms with Gasteiger partial charge in [0.25, 0.3) is 10.0 Å². The van der Waals surface area contributed by atoms with Gasteiger partial charge in [-0.3, -0.25) is 4.72 Å². The number of nitrogens with one attached hydrogen (secondary N) is 1. The smallest absolute Gasteiger partial charge is 0.262 e. The first-order chi connectivity index (χ1) is 10.2. The van der Waals surface area contributed by atoms with Gasteiger partial charge in [-0.15, -0.1) is 0 Å². The van der Waals surface area contributed by atoms with E-state index in [9.17, 15) is 12.8 Å². The van der Waals surface area contributed by atoms with Crippen molar-refractivity contribution in [3.8, 4) is 0 Å². The van der Waals surface area contributed by atoms with E-state index in [-0.39, 0.29) is 10.6 Å². The van der Waals surface area contributed by atoms with Crippen LogP contribution in [0.25, 0.3) is 0 Å². The van der Waals surface area contributed by atoms with E-state index in [4.69, 9.17) is 0 Å². The maximum Gasteiger partial charge on any atom is 0.262 e. The van der Waals surface area contributed by atoms with Crippen molar-refractivity contribution in [3.05, 3.63) is 53.3 Å². The zero-order chi connectivity index (χ0) is 16.5. The lowest BCUT2D eigenvalue weighted by molar-refractivity contribution is 0.600. The monoisotopic (exact) mass is 322 g/mol. The van der Waals surface area contributed by atoms with Gasteiger partial charge in [-0.2, -0.15) is 0 Å². The number of hydrogen-bond acceptors (Lipinski definition) is 3. The molecule has 0 spiro atoms. The van der Waals surface area contributed by atoms with Crippen molar-refractivity contribution in [2.24, 2.45) is 0 Å². The molecule has 6 heteroatoms. The van der Waals surface area contributed by atoms with Crippen LogP contribution in [0, 0.1) is 19.7 Å². The van der Waals surface area contributed by atoms with E-state index in [0.717, 1.165) is 5.56 Å². The van der Waals surface area contributed by atoms with Gasteiger partial charge in [0.05, 0.1) is 16.3 Å². The van der Waals surface area contributed by atoms with Crippen LogP contribution < -0.4 is 9.62 Å². The molecule has 2 rings (SSSR count). The minimum Gasteiger partial charge on any atom is -0.376 e. The Labute approximate surface area is 130 Å². The van der Waals surface area contributed by atoms with Gasteiger partial charge in [0, 0.05) is 20.2 Å². The predicted molar refractivity (Wildman–Crippen MR) is 87.5 cm³/mol. The fourth-order valence-electron chi connectivity index (χ4n) is 2.18. The van der Waals surface area contributed by atoms with Gasteiger partial charge in [-0.25, -0.2) is 12.8 Å². The van der Waals surface area contributed by atoms with Crippen molar-refractivity contribution in [3.63, 3.8) is 0 Å². The molecule has 0 aliphatic heterocycles. The molecule has 0 aromatic heterocycles. The molecule has 1 N–H and O–H groups in total. The molecule has 0 aliphatic carbocycles. The van der Waals surface area contributed by atoms with Crippen molar-refractivity contribution in [2.75, 3.05) is 23.7 Å². The molecule has 0 unspecified atom stereocenters. The van der Waals surface area contributed by atoms with Gasteiger partial charge in [0.1, 0.15) is 5.82 Å². The fraction of sp³-hybridized carbons (Fsp3) is 0.250. The first-order valence-corrected chi connectivity index (χ1v) is 8.26. The molecule has 0 heterocycles. The molecule has 0 radical (unpaired) electrons. The van der Waals surface area contributed by atoms with Gasteiger partial charge in [-0.1, -0.05) is 12.1 Å². The quantitative estimate of drug-likeness (QED) is 0.939. The molecule has 0 amide bonds. The van der Waals surface area contributed by atoms with Crippen molar-refractivity contribution in [2.45, 2.75) is 18.7 Å². The lowest BCUT2D eigenvalue weighted by Crippen LogP contribution is -2.18. The van der Waals surface area contributed by atoms with Gasteiger partial charge < -0.3 is 4.90 Å². The van der Waals surface area contributed by atoms with E-state index in [1.165, 1.54) is 18.2 Å². The Bertz CT molecular complexity index is 802. The SMILES string of the molecule is Cc1ccc(C)c(S(=O)(=O)Nc2cc(F)ccc2N(C)C)c1. The second-order valence-electron chi connectivity index (χ2n) is 5.43. The van der Waals surface area contributed by atoms with E-state index in [1.807, 2.05) is 13.0 Å². The fourth-order valence-corrected chi connectivity index (χ4v) is 3.57. The Morgan fingerprint density at radius 3 is 2.36 bits per heavy atom. The molecule has 0 aliphatic rings. The lowest BCUT2D eigenvalue weighted by Gasteiger charge is -2.19. The normalized spacial score (nSPS) is 11.3. The minimum absolute atomic E-state index is 0.196. The van der Waals surface area contributed by atoms with Crippen LogP contribution in [-0.2, 0) is 10.0 Å². The summed E-state index contributed by atoms with van der Waals surface area (Å²) in [6, 6.07) is 9.22. The summed E-state index contributed by atoms with van der Waals surface area (Å²) in [5.74, 6) is -0.496. The van der Waals surface area contributed by atoms with E-state index >= 15 is 0 Å². The standard InChI is InChI=1S/C16H19FN2O2S/c1-11-5-6-12(2)16(9-11)22(20,21)18-14-10-13(17)7-8-15(14)19(3)4/h5-10,18H,1-4H3. The zero-order valence-electron chi connectivity index (χ0n) is 13.0. The molecule has 0 saturated heterocycles. The third-order valence-corrected chi connectivity index (χ3v) is 4.83. The summed E-state index contributed by atoms with van der Waals surface area (Å²) < 4.78 is 41.2. The number of aryl methyl sites for hydroxylation is 2. The van der Waals surface area contributed by atoms with E-state index in [0.29, 0.717) is 11.3 Å². The first kappa shape index (κ1) is 16.3. The summed E-state index contributed by atoms with van der Waals surface area (Å²) in [6.45, 7) is 3.55. The van der Waals surface area contributed by atoms with Crippen molar-refractivity contribution >= 4 is 21.4 Å². The third-order valence-electron chi connectivity index (χ3n) is 3.32. The number of benzene rings is 2. The number of halogens is 1. The maximum atomic E-state index is 13.5. The van der Waals surface area contributed by atoms with Gasteiger partial charge >= 0.3 is 0 Å². The molecular weight excluding hydrogens is 303 g/mol. The van der Waals surface area contributed by atoms with Crippen LogP contribution in [0.5, 0.6) is 0 Å². The first-order valence-electron chi connectivity index (χ1n) is 6.77. The summed E-state index contributed by atoms with van der Waals surface area (Å²) in [7, 11) is -0.249. The second-order valence-corrected chi connectivity index (χ2v) is 7.08. The largest absolute Gasteiger partial charge is 0.376 e. The topological polar surface area (TPSA) is 49.4 Å². The Morgan fingerprint density at radius 2 is 1.73 bits per heavy atom. The van der Waals surface area contributed by atoms with Gasteiger partial charge in [0.2, 0.25) is 0 Å². The van der Waals surface area contributed by atoms with Crippen molar-refractivity contribution in [1.29, 1.82) is 0 Å². The Hall–Kier alpha value is -2.08. The third kappa shape index (κ3) is 3.39.